The molecule has 4 heterocycles. The number of benzene rings is 2. The van der Waals surface area contributed by atoms with Crippen molar-refractivity contribution in [3.05, 3.63) is 78.5 Å². The number of rotatable bonds is 8. The molecular formula is C33H32FN7O3S. The summed E-state index contributed by atoms with van der Waals surface area (Å²) in [6.45, 7) is 6.02. The maximum Gasteiger partial charge on any atom is 0.224 e. The van der Waals surface area contributed by atoms with E-state index in [-0.39, 0.29) is 23.5 Å². The Morgan fingerprint density at radius 1 is 1.00 bits per heavy atom. The number of aromatic nitrogens is 6. The van der Waals surface area contributed by atoms with Crippen molar-refractivity contribution in [2.75, 3.05) is 17.3 Å². The summed E-state index contributed by atoms with van der Waals surface area (Å²) in [5.41, 5.74) is 6.34. The number of anilines is 1. The van der Waals surface area contributed by atoms with Gasteiger partial charge in [0.05, 0.1) is 46.1 Å². The number of fused-ring (bicyclic) bond motifs is 2. The summed E-state index contributed by atoms with van der Waals surface area (Å²) in [7, 11) is -3.20. The van der Waals surface area contributed by atoms with Gasteiger partial charge in [0, 0.05) is 35.4 Å². The van der Waals surface area contributed by atoms with Crippen LogP contribution in [0.1, 0.15) is 32.8 Å². The number of aryl methyl sites for hydroxylation is 1. The van der Waals surface area contributed by atoms with E-state index in [4.69, 9.17) is 4.98 Å². The second-order valence-electron chi connectivity index (χ2n) is 12.5. The molecule has 230 valence electrons. The van der Waals surface area contributed by atoms with Crippen LogP contribution in [0.2, 0.25) is 0 Å². The van der Waals surface area contributed by atoms with Crippen LogP contribution in [0.5, 0.6) is 0 Å². The maximum atomic E-state index is 14.6. The highest BCUT2D eigenvalue weighted by atomic mass is 32.2. The predicted octanol–water partition coefficient (Wildman–Crippen LogP) is 6.33. The fraction of sp³-hybridized carbons (Fsp3) is 0.242. The van der Waals surface area contributed by atoms with Crippen LogP contribution in [0.15, 0.2) is 67.1 Å². The average molecular weight is 626 g/mol. The molecule has 3 N–H and O–H groups in total. The molecule has 0 aliphatic heterocycles. The highest BCUT2D eigenvalue weighted by Gasteiger charge is 2.19. The van der Waals surface area contributed by atoms with Gasteiger partial charge in [-0.2, -0.15) is 5.10 Å². The fourth-order valence-corrected chi connectivity index (χ4v) is 5.83. The van der Waals surface area contributed by atoms with Crippen LogP contribution in [-0.4, -0.2) is 56.5 Å². The first kappa shape index (κ1) is 30.1. The summed E-state index contributed by atoms with van der Waals surface area (Å²) in [6, 6.07) is 13.9. The summed E-state index contributed by atoms with van der Waals surface area (Å²) < 4.78 is 38.0. The number of carbonyl (C=O) groups excluding carboxylic acids is 1. The largest absolute Gasteiger partial charge is 0.337 e. The SMILES string of the molecule is CC(C)(C)CC(=O)Nc1cncc(-c2cc3c(-c4nc5c(-c6cc(F)cc(CCS(C)(=O)=O)c6)cccc5[nH]4)n[nH]c3cn2)c1. The van der Waals surface area contributed by atoms with Gasteiger partial charge in [-0.3, -0.25) is 19.9 Å². The molecule has 6 aromatic rings. The lowest BCUT2D eigenvalue weighted by molar-refractivity contribution is -0.117. The summed E-state index contributed by atoms with van der Waals surface area (Å²) in [6.07, 6.45) is 6.73. The number of aromatic amines is 2. The Kier molecular flexibility index (Phi) is 7.69. The summed E-state index contributed by atoms with van der Waals surface area (Å²) in [5.74, 6) is -0.0954. The fourth-order valence-electron chi connectivity index (χ4n) is 5.22. The van der Waals surface area contributed by atoms with Gasteiger partial charge in [-0.15, -0.1) is 0 Å². The Hall–Kier alpha value is -4.97. The number of carbonyl (C=O) groups is 1. The lowest BCUT2D eigenvalue weighted by atomic mass is 9.92. The predicted molar refractivity (Wildman–Crippen MR) is 174 cm³/mol. The lowest BCUT2D eigenvalue weighted by Gasteiger charge is -2.17. The smallest absolute Gasteiger partial charge is 0.224 e. The van der Waals surface area contributed by atoms with E-state index in [0.29, 0.717) is 57.0 Å². The van der Waals surface area contributed by atoms with E-state index in [1.165, 1.54) is 18.4 Å². The van der Waals surface area contributed by atoms with Gasteiger partial charge in [-0.1, -0.05) is 39.0 Å². The van der Waals surface area contributed by atoms with Crippen LogP contribution in [0.4, 0.5) is 10.1 Å². The number of hydrogen-bond donors (Lipinski definition) is 3. The number of nitrogens with one attached hydrogen (secondary N) is 3. The minimum absolute atomic E-state index is 0.0675. The number of imidazole rings is 1. The van der Waals surface area contributed by atoms with Gasteiger partial charge >= 0.3 is 0 Å². The molecule has 1 amide bonds. The van der Waals surface area contributed by atoms with Crippen LogP contribution in [0.3, 0.4) is 0 Å². The molecule has 0 radical (unpaired) electrons. The minimum Gasteiger partial charge on any atom is -0.337 e. The standard InChI is InChI=1S/C33H32FN7O3S/c1-33(2,3)15-29(42)37-23-13-21(16-35-17-23)27-14-25-28(18-36-27)40-41-31(25)32-38-26-7-5-6-24(30(26)39-32)20-10-19(11-22(34)12-20)8-9-45(4,43)44/h5-7,10-14,16-18H,8-9,15H2,1-4H3,(H,37,42)(H,38,39)(H,40,41). The van der Waals surface area contributed by atoms with E-state index >= 15 is 0 Å². The van der Waals surface area contributed by atoms with Gasteiger partial charge in [0.2, 0.25) is 5.91 Å². The molecule has 10 nitrogen and oxygen atoms in total. The van der Waals surface area contributed by atoms with Gasteiger partial charge in [-0.05, 0) is 53.3 Å². The molecule has 12 heteroatoms. The van der Waals surface area contributed by atoms with Crippen molar-refractivity contribution in [1.82, 2.24) is 30.1 Å². The molecule has 45 heavy (non-hydrogen) atoms. The monoisotopic (exact) mass is 625 g/mol. The van der Waals surface area contributed by atoms with Crippen LogP contribution >= 0.6 is 0 Å². The van der Waals surface area contributed by atoms with Crippen molar-refractivity contribution in [2.24, 2.45) is 5.41 Å². The second kappa shape index (κ2) is 11.5. The first-order valence-corrected chi connectivity index (χ1v) is 16.4. The molecular weight excluding hydrogens is 593 g/mol. The van der Waals surface area contributed by atoms with E-state index in [9.17, 15) is 17.6 Å². The third-order valence-electron chi connectivity index (χ3n) is 7.22. The number of H-pyrrole nitrogens is 2. The molecule has 6 rings (SSSR count). The zero-order valence-corrected chi connectivity index (χ0v) is 26.1. The Morgan fingerprint density at radius 2 is 1.82 bits per heavy atom. The van der Waals surface area contributed by atoms with Crippen molar-refractivity contribution in [3.8, 4) is 33.9 Å². The zero-order valence-electron chi connectivity index (χ0n) is 25.3. The third-order valence-corrected chi connectivity index (χ3v) is 8.17. The number of nitrogens with zero attached hydrogens (tertiary/aromatic N) is 4. The Balaban J connectivity index is 1.34. The molecule has 0 atom stereocenters. The van der Waals surface area contributed by atoms with Crippen molar-refractivity contribution in [2.45, 2.75) is 33.6 Å². The Labute approximate surface area is 259 Å². The van der Waals surface area contributed by atoms with Gasteiger partial charge < -0.3 is 10.3 Å². The normalized spacial score (nSPS) is 12.2. The minimum atomic E-state index is -3.20. The van der Waals surface area contributed by atoms with Gasteiger partial charge in [0.1, 0.15) is 21.3 Å². The third kappa shape index (κ3) is 6.91. The van der Waals surface area contributed by atoms with E-state index in [1.807, 2.05) is 51.1 Å². The van der Waals surface area contributed by atoms with E-state index in [2.05, 4.69) is 30.5 Å². The van der Waals surface area contributed by atoms with Gasteiger partial charge in [0.15, 0.2) is 5.82 Å². The summed E-state index contributed by atoms with van der Waals surface area (Å²) >= 11 is 0. The number of pyridine rings is 2. The van der Waals surface area contributed by atoms with Crippen molar-refractivity contribution < 1.29 is 17.6 Å². The van der Waals surface area contributed by atoms with Gasteiger partial charge in [-0.25, -0.2) is 17.8 Å². The molecule has 2 aromatic carbocycles. The number of halogens is 1. The molecule has 0 spiro atoms. The number of hydrogen-bond acceptors (Lipinski definition) is 7. The number of amides is 1. The van der Waals surface area contributed by atoms with Crippen molar-refractivity contribution >= 4 is 43.4 Å². The zero-order chi connectivity index (χ0) is 31.9. The Morgan fingerprint density at radius 3 is 2.60 bits per heavy atom. The number of sulfone groups is 1. The molecule has 0 aliphatic rings. The number of para-hydroxylation sites is 1. The second-order valence-corrected chi connectivity index (χ2v) is 14.7. The molecule has 0 saturated heterocycles. The van der Waals surface area contributed by atoms with Crippen LogP contribution < -0.4 is 5.32 Å². The first-order chi connectivity index (χ1) is 21.3. The average Bonchev–Trinajstić information content (AvgIpc) is 3.58. The molecule has 0 aliphatic carbocycles. The van der Waals surface area contributed by atoms with Crippen molar-refractivity contribution in [3.63, 3.8) is 0 Å². The highest BCUT2D eigenvalue weighted by Crippen LogP contribution is 2.33. The van der Waals surface area contributed by atoms with E-state index in [0.717, 1.165) is 16.5 Å². The summed E-state index contributed by atoms with van der Waals surface area (Å²) in [4.78, 5) is 29.6. The van der Waals surface area contributed by atoms with Crippen LogP contribution in [-0.2, 0) is 21.1 Å². The summed E-state index contributed by atoms with van der Waals surface area (Å²) in [5, 5.41) is 11.2. The highest BCUT2D eigenvalue weighted by molar-refractivity contribution is 7.90. The maximum absolute atomic E-state index is 14.6. The molecule has 0 unspecified atom stereocenters. The quantitative estimate of drug-likeness (QED) is 0.179. The van der Waals surface area contributed by atoms with E-state index in [1.54, 1.807) is 24.7 Å². The lowest BCUT2D eigenvalue weighted by Crippen LogP contribution is -2.19. The Bertz CT molecular complexity index is 2180. The molecule has 0 bridgehead atoms. The van der Waals surface area contributed by atoms with Crippen LogP contribution in [0, 0.1) is 11.2 Å². The van der Waals surface area contributed by atoms with Gasteiger partial charge in [0.25, 0.3) is 0 Å². The van der Waals surface area contributed by atoms with Crippen molar-refractivity contribution in [1.29, 1.82) is 0 Å². The molecule has 4 aromatic heterocycles. The molecule has 0 saturated carbocycles. The van der Waals surface area contributed by atoms with E-state index < -0.39 is 15.7 Å². The first-order valence-electron chi connectivity index (χ1n) is 14.4. The van der Waals surface area contributed by atoms with Crippen LogP contribution in [0.25, 0.3) is 55.8 Å². The molecule has 0 fully saturated rings. The topological polar surface area (TPSA) is 146 Å².